The minimum atomic E-state index is -4.25. The van der Waals surface area contributed by atoms with E-state index in [1.54, 1.807) is 0 Å². The predicted octanol–water partition coefficient (Wildman–Crippen LogP) is 2.15. The molecule has 0 saturated carbocycles. The zero-order valence-corrected chi connectivity index (χ0v) is 9.32. The van der Waals surface area contributed by atoms with Crippen LogP contribution >= 0.6 is 0 Å². The number of nitrogens with two attached hydrogens (primary N) is 1. The fourth-order valence-corrected chi connectivity index (χ4v) is 2.33. The molecule has 1 aromatic carbocycles. The Hall–Kier alpha value is -1.07. The fraction of sp³-hybridized carbons (Fsp3) is 0.500. The second-order valence-electron chi connectivity index (χ2n) is 4.40. The third-order valence-electron chi connectivity index (χ3n) is 3.11. The fourth-order valence-electron chi connectivity index (χ4n) is 2.33. The van der Waals surface area contributed by atoms with Crippen molar-refractivity contribution in [2.24, 2.45) is 5.73 Å². The molecule has 0 aromatic heterocycles. The Morgan fingerprint density at radius 2 is 1.88 bits per heavy atom. The van der Waals surface area contributed by atoms with Crippen LogP contribution in [0.3, 0.4) is 0 Å². The first-order chi connectivity index (χ1) is 7.98. The molecule has 0 spiro atoms. The van der Waals surface area contributed by atoms with Crippen molar-refractivity contribution >= 4 is 0 Å². The summed E-state index contributed by atoms with van der Waals surface area (Å²) >= 11 is 0. The van der Waals surface area contributed by atoms with E-state index in [1.807, 2.05) is 30.3 Å². The van der Waals surface area contributed by atoms with Crippen LogP contribution in [0.15, 0.2) is 30.3 Å². The van der Waals surface area contributed by atoms with Crippen molar-refractivity contribution in [3.05, 3.63) is 35.9 Å². The van der Waals surface area contributed by atoms with Crippen LogP contribution in [0.1, 0.15) is 12.0 Å². The highest BCUT2D eigenvalue weighted by Crippen LogP contribution is 2.32. The SMILES string of the molecule is NC1CCN(Cc2ccccc2)C1C(F)(F)F. The number of rotatable bonds is 2. The summed E-state index contributed by atoms with van der Waals surface area (Å²) in [7, 11) is 0. The van der Waals surface area contributed by atoms with Crippen molar-refractivity contribution in [1.82, 2.24) is 4.90 Å². The van der Waals surface area contributed by atoms with Crippen LogP contribution in [0.2, 0.25) is 0 Å². The third-order valence-corrected chi connectivity index (χ3v) is 3.11. The van der Waals surface area contributed by atoms with Crippen molar-refractivity contribution in [2.75, 3.05) is 6.54 Å². The molecule has 1 aromatic rings. The molecule has 2 atom stereocenters. The van der Waals surface area contributed by atoms with E-state index >= 15 is 0 Å². The summed E-state index contributed by atoms with van der Waals surface area (Å²) in [5.41, 5.74) is 6.43. The molecule has 5 heteroatoms. The quantitative estimate of drug-likeness (QED) is 0.863. The van der Waals surface area contributed by atoms with E-state index in [4.69, 9.17) is 5.73 Å². The number of hydrogen-bond donors (Lipinski definition) is 1. The normalized spacial score (nSPS) is 26.4. The van der Waals surface area contributed by atoms with Crippen LogP contribution in [-0.4, -0.2) is 29.7 Å². The highest BCUT2D eigenvalue weighted by molar-refractivity contribution is 5.15. The van der Waals surface area contributed by atoms with Gasteiger partial charge < -0.3 is 5.73 Å². The Bertz CT molecular complexity index is 364. The Labute approximate surface area is 98.2 Å². The van der Waals surface area contributed by atoms with Gasteiger partial charge in [-0.15, -0.1) is 0 Å². The molecule has 0 bridgehead atoms. The molecule has 2 nitrogen and oxygen atoms in total. The van der Waals surface area contributed by atoms with Crippen LogP contribution in [0.25, 0.3) is 0 Å². The molecule has 1 saturated heterocycles. The lowest BCUT2D eigenvalue weighted by Crippen LogP contribution is -2.49. The lowest BCUT2D eigenvalue weighted by molar-refractivity contribution is -0.179. The predicted molar refractivity (Wildman–Crippen MR) is 59.3 cm³/mol. The van der Waals surface area contributed by atoms with Crippen molar-refractivity contribution in [1.29, 1.82) is 0 Å². The first kappa shape index (κ1) is 12.4. The number of nitrogens with zero attached hydrogens (tertiary/aromatic N) is 1. The van der Waals surface area contributed by atoms with Gasteiger partial charge in [0.25, 0.3) is 0 Å². The summed E-state index contributed by atoms with van der Waals surface area (Å²) in [5.74, 6) is 0. The van der Waals surface area contributed by atoms with Gasteiger partial charge >= 0.3 is 6.18 Å². The van der Waals surface area contributed by atoms with E-state index < -0.39 is 18.3 Å². The van der Waals surface area contributed by atoms with Gasteiger partial charge in [-0.25, -0.2) is 0 Å². The largest absolute Gasteiger partial charge is 0.405 e. The number of halogens is 3. The van der Waals surface area contributed by atoms with Gasteiger partial charge in [-0.2, -0.15) is 13.2 Å². The summed E-state index contributed by atoms with van der Waals surface area (Å²) in [6.07, 6.45) is -3.85. The number of hydrogen-bond acceptors (Lipinski definition) is 2. The summed E-state index contributed by atoms with van der Waals surface area (Å²) in [6, 6.07) is 6.85. The zero-order chi connectivity index (χ0) is 12.5. The summed E-state index contributed by atoms with van der Waals surface area (Å²) in [6.45, 7) is 0.707. The van der Waals surface area contributed by atoms with Gasteiger partial charge in [0.15, 0.2) is 0 Å². The highest BCUT2D eigenvalue weighted by Gasteiger charge is 2.50. The van der Waals surface area contributed by atoms with Crippen LogP contribution < -0.4 is 5.73 Å². The van der Waals surface area contributed by atoms with Crippen molar-refractivity contribution in [3.8, 4) is 0 Å². The molecular formula is C12H15F3N2. The van der Waals surface area contributed by atoms with Gasteiger partial charge in [0, 0.05) is 19.1 Å². The van der Waals surface area contributed by atoms with E-state index in [2.05, 4.69) is 0 Å². The number of likely N-dealkylation sites (tertiary alicyclic amines) is 1. The Kier molecular flexibility index (Phi) is 3.40. The Morgan fingerprint density at radius 1 is 1.24 bits per heavy atom. The van der Waals surface area contributed by atoms with Gasteiger partial charge in [0.05, 0.1) is 0 Å². The Morgan fingerprint density at radius 3 is 2.47 bits per heavy atom. The number of alkyl halides is 3. The molecule has 94 valence electrons. The van der Waals surface area contributed by atoms with Crippen molar-refractivity contribution in [2.45, 2.75) is 31.2 Å². The van der Waals surface area contributed by atoms with Gasteiger partial charge in [-0.05, 0) is 12.0 Å². The maximum Gasteiger partial charge on any atom is 0.405 e. The summed E-state index contributed by atoms with van der Waals surface area (Å²) in [5, 5.41) is 0. The minimum Gasteiger partial charge on any atom is -0.326 e. The van der Waals surface area contributed by atoms with Crippen molar-refractivity contribution in [3.63, 3.8) is 0 Å². The first-order valence-corrected chi connectivity index (χ1v) is 5.59. The van der Waals surface area contributed by atoms with Crippen LogP contribution in [0, 0.1) is 0 Å². The van der Waals surface area contributed by atoms with E-state index in [0.29, 0.717) is 19.5 Å². The van der Waals surface area contributed by atoms with Gasteiger partial charge in [-0.1, -0.05) is 30.3 Å². The summed E-state index contributed by atoms with van der Waals surface area (Å²) < 4.78 is 38.5. The zero-order valence-electron chi connectivity index (χ0n) is 9.32. The molecule has 17 heavy (non-hydrogen) atoms. The average Bonchev–Trinajstić information content (AvgIpc) is 2.60. The standard InChI is InChI=1S/C12H15F3N2/c13-12(14,15)11-10(16)6-7-17(11)8-9-4-2-1-3-5-9/h1-5,10-11H,6-8,16H2. The van der Waals surface area contributed by atoms with Gasteiger partial charge in [-0.3, -0.25) is 4.90 Å². The highest BCUT2D eigenvalue weighted by atomic mass is 19.4. The minimum absolute atomic E-state index is 0.304. The molecule has 0 radical (unpaired) electrons. The molecule has 2 unspecified atom stereocenters. The maximum absolute atomic E-state index is 12.8. The molecule has 2 rings (SSSR count). The van der Waals surface area contributed by atoms with Gasteiger partial charge in [0.2, 0.25) is 0 Å². The number of benzene rings is 1. The molecule has 1 aliphatic rings. The van der Waals surface area contributed by atoms with Crippen LogP contribution in [0.5, 0.6) is 0 Å². The molecule has 1 fully saturated rings. The summed E-state index contributed by atoms with van der Waals surface area (Å²) in [4.78, 5) is 1.42. The van der Waals surface area contributed by atoms with E-state index in [9.17, 15) is 13.2 Å². The lowest BCUT2D eigenvalue weighted by atomic mass is 10.1. The van der Waals surface area contributed by atoms with Crippen LogP contribution in [-0.2, 0) is 6.54 Å². The molecule has 1 aliphatic heterocycles. The molecular weight excluding hydrogens is 229 g/mol. The van der Waals surface area contributed by atoms with Gasteiger partial charge in [0.1, 0.15) is 6.04 Å². The lowest BCUT2D eigenvalue weighted by Gasteiger charge is -2.28. The molecule has 1 heterocycles. The molecule has 0 aliphatic carbocycles. The second kappa shape index (κ2) is 4.66. The van der Waals surface area contributed by atoms with E-state index in [1.165, 1.54) is 4.90 Å². The maximum atomic E-state index is 12.8. The third kappa shape index (κ3) is 2.79. The Balaban J connectivity index is 2.11. The van der Waals surface area contributed by atoms with E-state index in [-0.39, 0.29) is 0 Å². The smallest absolute Gasteiger partial charge is 0.326 e. The first-order valence-electron chi connectivity index (χ1n) is 5.59. The molecule has 2 N–H and O–H groups in total. The average molecular weight is 244 g/mol. The van der Waals surface area contributed by atoms with Crippen molar-refractivity contribution < 1.29 is 13.2 Å². The molecule has 0 amide bonds. The second-order valence-corrected chi connectivity index (χ2v) is 4.40. The van der Waals surface area contributed by atoms with Crippen LogP contribution in [0.4, 0.5) is 13.2 Å². The topological polar surface area (TPSA) is 29.3 Å². The monoisotopic (exact) mass is 244 g/mol. The van der Waals surface area contributed by atoms with E-state index in [0.717, 1.165) is 5.56 Å².